The highest BCUT2D eigenvalue weighted by atomic mass is 16.6. The molecule has 1 aromatic rings. The number of hydrogen-bond donors (Lipinski definition) is 0. The summed E-state index contributed by atoms with van der Waals surface area (Å²) in [4.78, 5) is 22.2. The number of benzene rings is 1. The number of rotatable bonds is 3. The van der Waals surface area contributed by atoms with Crippen molar-refractivity contribution in [1.82, 2.24) is 0 Å². The Morgan fingerprint density at radius 2 is 1.95 bits per heavy atom. The Morgan fingerprint density at radius 3 is 2.47 bits per heavy atom. The van der Waals surface area contributed by atoms with Crippen molar-refractivity contribution in [2.24, 2.45) is 11.3 Å². The SMILES string of the molecule is CC1(C)CC=CC(=O)C1Cc1ccc([N+](=O)[O-])cc1. The van der Waals surface area contributed by atoms with Crippen molar-refractivity contribution in [3.63, 3.8) is 0 Å². The fraction of sp³-hybridized carbons (Fsp3) is 0.400. The van der Waals surface area contributed by atoms with Gasteiger partial charge in [0, 0.05) is 18.1 Å². The van der Waals surface area contributed by atoms with Gasteiger partial charge in [0.1, 0.15) is 0 Å². The van der Waals surface area contributed by atoms with Gasteiger partial charge < -0.3 is 0 Å². The number of nitro groups is 1. The predicted octanol–water partition coefficient (Wildman–Crippen LogP) is 3.31. The second-order valence-electron chi connectivity index (χ2n) is 5.68. The highest BCUT2D eigenvalue weighted by Gasteiger charge is 2.35. The molecule has 0 amide bonds. The van der Waals surface area contributed by atoms with Crippen LogP contribution in [0.3, 0.4) is 0 Å². The minimum atomic E-state index is -0.414. The summed E-state index contributed by atoms with van der Waals surface area (Å²) in [6.07, 6.45) is 5.10. The minimum Gasteiger partial charge on any atom is -0.295 e. The summed E-state index contributed by atoms with van der Waals surface area (Å²) in [6.45, 7) is 4.18. The molecule has 1 atom stereocenters. The van der Waals surface area contributed by atoms with Crippen LogP contribution in [0.4, 0.5) is 5.69 Å². The summed E-state index contributed by atoms with van der Waals surface area (Å²) in [6, 6.07) is 6.45. The Balaban J connectivity index is 2.18. The van der Waals surface area contributed by atoms with Crippen molar-refractivity contribution >= 4 is 11.5 Å². The molecule has 1 aromatic carbocycles. The van der Waals surface area contributed by atoms with Gasteiger partial charge in [0.25, 0.3) is 5.69 Å². The van der Waals surface area contributed by atoms with Crippen LogP contribution in [-0.2, 0) is 11.2 Å². The Morgan fingerprint density at radius 1 is 1.32 bits per heavy atom. The van der Waals surface area contributed by atoms with E-state index in [0.29, 0.717) is 6.42 Å². The smallest absolute Gasteiger partial charge is 0.269 e. The van der Waals surface area contributed by atoms with Crippen molar-refractivity contribution in [3.05, 3.63) is 52.1 Å². The van der Waals surface area contributed by atoms with Gasteiger partial charge in [-0.2, -0.15) is 0 Å². The average molecular weight is 259 g/mol. The number of nitrogens with zero attached hydrogens (tertiary/aromatic N) is 1. The summed E-state index contributed by atoms with van der Waals surface area (Å²) < 4.78 is 0. The first-order valence-electron chi connectivity index (χ1n) is 6.34. The van der Waals surface area contributed by atoms with Gasteiger partial charge in [-0.15, -0.1) is 0 Å². The van der Waals surface area contributed by atoms with Gasteiger partial charge in [0.05, 0.1) is 4.92 Å². The van der Waals surface area contributed by atoms with Crippen LogP contribution in [-0.4, -0.2) is 10.7 Å². The fourth-order valence-electron chi connectivity index (χ4n) is 2.49. The molecule has 0 aliphatic heterocycles. The zero-order valence-electron chi connectivity index (χ0n) is 11.1. The van der Waals surface area contributed by atoms with E-state index in [1.165, 1.54) is 12.1 Å². The molecular formula is C15H17NO3. The van der Waals surface area contributed by atoms with Crippen molar-refractivity contribution in [2.75, 3.05) is 0 Å². The van der Waals surface area contributed by atoms with E-state index in [-0.39, 0.29) is 22.8 Å². The summed E-state index contributed by atoms with van der Waals surface area (Å²) >= 11 is 0. The summed E-state index contributed by atoms with van der Waals surface area (Å²) in [7, 11) is 0. The maximum Gasteiger partial charge on any atom is 0.269 e. The Hall–Kier alpha value is -1.97. The molecule has 4 heteroatoms. The lowest BCUT2D eigenvalue weighted by Crippen LogP contribution is -2.34. The average Bonchev–Trinajstić information content (AvgIpc) is 2.34. The first kappa shape index (κ1) is 13.5. The first-order valence-corrected chi connectivity index (χ1v) is 6.34. The zero-order valence-corrected chi connectivity index (χ0v) is 11.1. The van der Waals surface area contributed by atoms with Crippen LogP contribution >= 0.6 is 0 Å². The third-order valence-electron chi connectivity index (χ3n) is 3.80. The lowest BCUT2D eigenvalue weighted by Gasteiger charge is -2.34. The quantitative estimate of drug-likeness (QED) is 0.618. The highest BCUT2D eigenvalue weighted by molar-refractivity contribution is 5.93. The second kappa shape index (κ2) is 4.96. The molecule has 0 heterocycles. The molecule has 1 aliphatic carbocycles. The lowest BCUT2D eigenvalue weighted by atomic mass is 9.69. The molecule has 2 rings (SSSR count). The van der Waals surface area contributed by atoms with Gasteiger partial charge in [-0.25, -0.2) is 0 Å². The van der Waals surface area contributed by atoms with Crippen LogP contribution in [0, 0.1) is 21.4 Å². The zero-order chi connectivity index (χ0) is 14.0. The van der Waals surface area contributed by atoms with E-state index in [1.807, 2.05) is 6.08 Å². The Bertz CT molecular complexity index is 529. The standard InChI is InChI=1S/C15H17NO3/c1-15(2)9-3-4-14(17)13(15)10-11-5-7-12(8-6-11)16(18)19/h3-8,13H,9-10H2,1-2H3. The normalized spacial score (nSPS) is 21.4. The third-order valence-corrected chi connectivity index (χ3v) is 3.80. The van der Waals surface area contributed by atoms with Gasteiger partial charge >= 0.3 is 0 Å². The van der Waals surface area contributed by atoms with Crippen LogP contribution < -0.4 is 0 Å². The molecule has 100 valence electrons. The van der Waals surface area contributed by atoms with Crippen molar-refractivity contribution in [2.45, 2.75) is 26.7 Å². The maximum atomic E-state index is 12.0. The number of nitro benzene ring substituents is 1. The van der Waals surface area contributed by atoms with Crippen LogP contribution in [0.2, 0.25) is 0 Å². The summed E-state index contributed by atoms with van der Waals surface area (Å²) in [5.74, 6) is 0.0913. The van der Waals surface area contributed by atoms with E-state index in [9.17, 15) is 14.9 Å². The molecule has 0 bridgehead atoms. The molecule has 0 saturated heterocycles. The van der Waals surface area contributed by atoms with Crippen molar-refractivity contribution in [3.8, 4) is 0 Å². The minimum absolute atomic E-state index is 0.0565. The van der Waals surface area contributed by atoms with Crippen molar-refractivity contribution < 1.29 is 9.72 Å². The fourth-order valence-corrected chi connectivity index (χ4v) is 2.49. The molecular weight excluding hydrogens is 242 g/mol. The molecule has 0 spiro atoms. The van der Waals surface area contributed by atoms with E-state index in [1.54, 1.807) is 18.2 Å². The molecule has 1 unspecified atom stereocenters. The largest absolute Gasteiger partial charge is 0.295 e. The third kappa shape index (κ3) is 2.89. The number of carbonyl (C=O) groups is 1. The number of carbonyl (C=O) groups excluding carboxylic acids is 1. The van der Waals surface area contributed by atoms with E-state index in [4.69, 9.17) is 0 Å². The molecule has 0 fully saturated rings. The van der Waals surface area contributed by atoms with Crippen LogP contribution in [0.25, 0.3) is 0 Å². The monoisotopic (exact) mass is 259 g/mol. The van der Waals surface area contributed by atoms with Gasteiger partial charge in [-0.3, -0.25) is 14.9 Å². The molecule has 1 aliphatic rings. The van der Waals surface area contributed by atoms with Gasteiger partial charge in [0.15, 0.2) is 5.78 Å². The molecule has 0 radical (unpaired) electrons. The lowest BCUT2D eigenvalue weighted by molar-refractivity contribution is -0.384. The van der Waals surface area contributed by atoms with E-state index >= 15 is 0 Å². The molecule has 4 nitrogen and oxygen atoms in total. The summed E-state index contributed by atoms with van der Waals surface area (Å²) in [5, 5.41) is 10.6. The van der Waals surface area contributed by atoms with E-state index < -0.39 is 4.92 Å². The first-order chi connectivity index (χ1) is 8.90. The summed E-state index contributed by atoms with van der Waals surface area (Å²) in [5.41, 5.74) is 0.985. The van der Waals surface area contributed by atoms with Gasteiger partial charge in [-0.1, -0.05) is 32.1 Å². The predicted molar refractivity (Wildman–Crippen MR) is 72.8 cm³/mol. The van der Waals surface area contributed by atoms with E-state index in [0.717, 1.165) is 12.0 Å². The Kier molecular flexibility index (Phi) is 3.51. The molecule has 0 N–H and O–H groups in total. The van der Waals surface area contributed by atoms with Crippen LogP contribution in [0.5, 0.6) is 0 Å². The second-order valence-corrected chi connectivity index (χ2v) is 5.68. The topological polar surface area (TPSA) is 60.2 Å². The van der Waals surface area contributed by atoms with Gasteiger partial charge in [0.2, 0.25) is 0 Å². The van der Waals surface area contributed by atoms with Crippen LogP contribution in [0.1, 0.15) is 25.8 Å². The van der Waals surface area contributed by atoms with Crippen LogP contribution in [0.15, 0.2) is 36.4 Å². The number of hydrogen-bond acceptors (Lipinski definition) is 3. The highest BCUT2D eigenvalue weighted by Crippen LogP contribution is 2.37. The number of allylic oxidation sites excluding steroid dienone is 2. The van der Waals surface area contributed by atoms with Crippen molar-refractivity contribution in [1.29, 1.82) is 0 Å². The molecule has 19 heavy (non-hydrogen) atoms. The number of non-ortho nitro benzene ring substituents is 1. The number of ketones is 1. The maximum absolute atomic E-state index is 12.0. The Labute approximate surface area is 112 Å². The molecule has 0 saturated carbocycles. The van der Waals surface area contributed by atoms with E-state index in [2.05, 4.69) is 13.8 Å². The molecule has 0 aromatic heterocycles. The van der Waals surface area contributed by atoms with Gasteiger partial charge in [-0.05, 0) is 29.9 Å².